The predicted molar refractivity (Wildman–Crippen MR) is 64.1 cm³/mol. The average molecular weight is 294 g/mol. The molecule has 1 aromatic carbocycles. The summed E-state index contributed by atoms with van der Waals surface area (Å²) in [4.78, 5) is 0. The van der Waals surface area contributed by atoms with Crippen molar-refractivity contribution in [3.05, 3.63) is 23.8 Å². The summed E-state index contributed by atoms with van der Waals surface area (Å²) in [7, 11) is -1.83. The van der Waals surface area contributed by atoms with Gasteiger partial charge in [0.05, 0.1) is 12.8 Å². The molecule has 15 heavy (non-hydrogen) atoms. The first-order valence-corrected chi connectivity index (χ1v) is 6.97. The minimum absolute atomic E-state index is 0.142. The van der Waals surface area contributed by atoms with Crippen molar-refractivity contribution in [3.63, 3.8) is 0 Å². The average Bonchev–Trinajstić information content (AvgIpc) is 2.20. The summed E-state index contributed by atoms with van der Waals surface area (Å²) >= 11 is 2.90. The van der Waals surface area contributed by atoms with E-state index in [2.05, 4.69) is 20.7 Å². The lowest BCUT2D eigenvalue weighted by atomic mass is 10.2. The van der Waals surface area contributed by atoms with Crippen LogP contribution in [0.2, 0.25) is 0 Å². The Morgan fingerprint density at radius 2 is 2.13 bits per heavy atom. The third-order valence-corrected chi connectivity index (χ3v) is 4.39. The SMILES string of the molecule is COc1cc(C)ccc1NS(=O)(=O)CBr. The van der Waals surface area contributed by atoms with Crippen LogP contribution in [0, 0.1) is 6.92 Å². The lowest BCUT2D eigenvalue weighted by molar-refractivity contribution is 0.416. The van der Waals surface area contributed by atoms with E-state index in [0.29, 0.717) is 11.4 Å². The van der Waals surface area contributed by atoms with E-state index in [0.717, 1.165) is 5.56 Å². The highest BCUT2D eigenvalue weighted by Crippen LogP contribution is 2.26. The minimum Gasteiger partial charge on any atom is -0.495 e. The molecule has 0 saturated heterocycles. The zero-order valence-corrected chi connectivity index (χ0v) is 10.9. The van der Waals surface area contributed by atoms with E-state index in [1.807, 2.05) is 13.0 Å². The van der Waals surface area contributed by atoms with Gasteiger partial charge >= 0.3 is 0 Å². The quantitative estimate of drug-likeness (QED) is 0.865. The fraction of sp³-hybridized carbons (Fsp3) is 0.333. The Labute approximate surface area is 97.8 Å². The number of hydrogen-bond donors (Lipinski definition) is 1. The normalized spacial score (nSPS) is 11.1. The van der Waals surface area contributed by atoms with Crippen molar-refractivity contribution in [1.29, 1.82) is 0 Å². The fourth-order valence-corrected chi connectivity index (χ4v) is 1.98. The van der Waals surface area contributed by atoms with Gasteiger partial charge in [0.1, 0.15) is 10.4 Å². The smallest absolute Gasteiger partial charge is 0.242 e. The molecule has 0 amide bonds. The number of hydrogen-bond acceptors (Lipinski definition) is 3. The minimum atomic E-state index is -3.33. The first-order valence-electron chi connectivity index (χ1n) is 4.19. The summed E-state index contributed by atoms with van der Waals surface area (Å²) < 4.78 is 30.0. The third kappa shape index (κ3) is 3.39. The molecule has 0 unspecified atom stereocenters. The number of benzene rings is 1. The number of halogens is 1. The summed E-state index contributed by atoms with van der Waals surface area (Å²) in [6, 6.07) is 5.26. The van der Waals surface area contributed by atoms with E-state index in [9.17, 15) is 8.42 Å². The molecule has 1 aromatic rings. The second-order valence-electron chi connectivity index (χ2n) is 3.03. The number of sulfonamides is 1. The van der Waals surface area contributed by atoms with Crippen LogP contribution in [0.4, 0.5) is 5.69 Å². The van der Waals surface area contributed by atoms with Crippen molar-refractivity contribution in [2.45, 2.75) is 6.92 Å². The van der Waals surface area contributed by atoms with Gasteiger partial charge < -0.3 is 4.74 Å². The lowest BCUT2D eigenvalue weighted by Crippen LogP contribution is -2.13. The molecule has 84 valence electrons. The molecular weight excluding hydrogens is 282 g/mol. The second-order valence-corrected chi connectivity index (χ2v) is 6.06. The van der Waals surface area contributed by atoms with Crippen LogP contribution in [0.25, 0.3) is 0 Å². The van der Waals surface area contributed by atoms with Crippen LogP contribution in [-0.4, -0.2) is 20.2 Å². The Hall–Kier alpha value is -0.750. The van der Waals surface area contributed by atoms with Crippen LogP contribution in [0.3, 0.4) is 0 Å². The van der Waals surface area contributed by atoms with E-state index in [1.54, 1.807) is 12.1 Å². The first-order chi connectivity index (χ1) is 6.98. The Kier molecular flexibility index (Phi) is 3.98. The highest BCUT2D eigenvalue weighted by Gasteiger charge is 2.11. The summed E-state index contributed by atoms with van der Waals surface area (Å²) in [5.74, 6) is 0.513. The van der Waals surface area contributed by atoms with E-state index >= 15 is 0 Å². The number of alkyl halides is 1. The largest absolute Gasteiger partial charge is 0.495 e. The maximum Gasteiger partial charge on any atom is 0.242 e. The van der Waals surface area contributed by atoms with Gasteiger partial charge in [-0.1, -0.05) is 22.0 Å². The van der Waals surface area contributed by atoms with Crippen LogP contribution in [-0.2, 0) is 10.0 Å². The van der Waals surface area contributed by atoms with E-state index in [4.69, 9.17) is 4.74 Å². The predicted octanol–water partition coefficient (Wildman–Crippen LogP) is 2.10. The van der Waals surface area contributed by atoms with Crippen LogP contribution < -0.4 is 9.46 Å². The molecule has 0 radical (unpaired) electrons. The van der Waals surface area contributed by atoms with Crippen molar-refractivity contribution >= 4 is 31.6 Å². The molecule has 0 aromatic heterocycles. The molecule has 4 nitrogen and oxygen atoms in total. The van der Waals surface area contributed by atoms with Crippen LogP contribution in [0.1, 0.15) is 5.56 Å². The molecule has 0 aliphatic rings. The summed E-state index contributed by atoms with van der Waals surface area (Å²) in [5, 5.41) is 0. The number of anilines is 1. The number of aryl methyl sites for hydroxylation is 1. The van der Waals surface area contributed by atoms with Crippen molar-refractivity contribution < 1.29 is 13.2 Å². The Morgan fingerprint density at radius 1 is 1.47 bits per heavy atom. The molecular formula is C9H12BrNO3S. The van der Waals surface area contributed by atoms with Crippen molar-refractivity contribution in [2.24, 2.45) is 0 Å². The number of rotatable bonds is 4. The lowest BCUT2D eigenvalue weighted by Gasteiger charge is -2.10. The molecule has 1 N–H and O–H groups in total. The Morgan fingerprint density at radius 3 is 2.67 bits per heavy atom. The topological polar surface area (TPSA) is 55.4 Å². The molecule has 0 aliphatic carbocycles. The van der Waals surface area contributed by atoms with Gasteiger partial charge in [0.15, 0.2) is 0 Å². The van der Waals surface area contributed by atoms with Gasteiger partial charge in [0.25, 0.3) is 0 Å². The van der Waals surface area contributed by atoms with Gasteiger partial charge in [0, 0.05) is 0 Å². The fourth-order valence-electron chi connectivity index (χ4n) is 1.08. The molecule has 0 saturated carbocycles. The standard InChI is InChI=1S/C9H12BrNO3S/c1-7-3-4-8(9(5-7)14-2)11-15(12,13)6-10/h3-5,11H,6H2,1-2H3. The van der Waals surface area contributed by atoms with Gasteiger partial charge in [-0.25, -0.2) is 8.42 Å². The molecule has 0 bridgehead atoms. The summed E-state index contributed by atoms with van der Waals surface area (Å²) in [5.41, 5.74) is 1.45. The highest BCUT2D eigenvalue weighted by atomic mass is 79.9. The van der Waals surface area contributed by atoms with Crippen LogP contribution >= 0.6 is 15.9 Å². The summed E-state index contributed by atoms with van der Waals surface area (Å²) in [6.45, 7) is 1.91. The van der Waals surface area contributed by atoms with Crippen molar-refractivity contribution in [3.8, 4) is 5.75 Å². The van der Waals surface area contributed by atoms with Crippen LogP contribution in [0.15, 0.2) is 18.2 Å². The maximum absolute atomic E-state index is 11.3. The zero-order chi connectivity index (χ0) is 11.5. The number of ether oxygens (including phenoxy) is 1. The van der Waals surface area contributed by atoms with Crippen molar-refractivity contribution in [2.75, 3.05) is 16.5 Å². The van der Waals surface area contributed by atoms with Crippen LogP contribution in [0.5, 0.6) is 5.75 Å². The number of methoxy groups -OCH3 is 1. The number of nitrogens with one attached hydrogen (secondary N) is 1. The van der Waals surface area contributed by atoms with Gasteiger partial charge in [0.2, 0.25) is 10.0 Å². The molecule has 0 fully saturated rings. The van der Waals surface area contributed by atoms with E-state index in [1.165, 1.54) is 7.11 Å². The van der Waals surface area contributed by atoms with E-state index in [-0.39, 0.29) is 4.66 Å². The second kappa shape index (κ2) is 4.85. The molecule has 0 aliphatic heterocycles. The molecule has 0 spiro atoms. The third-order valence-electron chi connectivity index (χ3n) is 1.77. The molecule has 0 heterocycles. The first kappa shape index (κ1) is 12.3. The van der Waals surface area contributed by atoms with Crippen molar-refractivity contribution in [1.82, 2.24) is 0 Å². The Balaban J connectivity index is 3.05. The van der Waals surface area contributed by atoms with E-state index < -0.39 is 10.0 Å². The monoisotopic (exact) mass is 293 g/mol. The molecule has 1 rings (SSSR count). The highest BCUT2D eigenvalue weighted by molar-refractivity contribution is 9.10. The Bertz CT molecular complexity index is 445. The molecule has 6 heteroatoms. The maximum atomic E-state index is 11.3. The summed E-state index contributed by atoms with van der Waals surface area (Å²) in [6.07, 6.45) is 0. The van der Waals surface area contributed by atoms with Gasteiger partial charge in [-0.05, 0) is 24.6 Å². The zero-order valence-electron chi connectivity index (χ0n) is 8.45. The van der Waals surface area contributed by atoms with Gasteiger partial charge in [-0.3, -0.25) is 4.72 Å². The van der Waals surface area contributed by atoms with Gasteiger partial charge in [-0.15, -0.1) is 0 Å². The van der Waals surface area contributed by atoms with Gasteiger partial charge in [-0.2, -0.15) is 0 Å². The molecule has 0 atom stereocenters.